The Morgan fingerprint density at radius 3 is 2.21 bits per heavy atom. The van der Waals surface area contributed by atoms with Crippen LogP contribution in [0.2, 0.25) is 0 Å². The Morgan fingerprint density at radius 2 is 1.71 bits per heavy atom. The first-order valence-electron chi connectivity index (χ1n) is 4.68. The topological polar surface area (TPSA) is 17.1 Å². The van der Waals surface area contributed by atoms with E-state index in [2.05, 4.69) is 19.9 Å². The van der Waals surface area contributed by atoms with Crippen LogP contribution in [0.1, 0.15) is 27.8 Å². The predicted molar refractivity (Wildman–Crippen MR) is 60.0 cm³/mol. The predicted octanol–water partition coefficient (Wildman–Crippen LogP) is 3.23. The molecule has 0 unspecified atom stereocenters. The standard InChI is InChI=1S/C12H15ClO/c1-7-5-8(2)11(6-12(13)14)10(4)9(7)3/h5H,6H2,1-4H3. The van der Waals surface area contributed by atoms with Gasteiger partial charge >= 0.3 is 0 Å². The van der Waals surface area contributed by atoms with Crippen molar-refractivity contribution in [3.63, 3.8) is 0 Å². The minimum atomic E-state index is -0.292. The molecule has 0 N–H and O–H groups in total. The van der Waals surface area contributed by atoms with E-state index < -0.39 is 0 Å². The molecule has 0 fully saturated rings. The molecule has 1 nitrogen and oxygen atoms in total. The van der Waals surface area contributed by atoms with Crippen LogP contribution in [0.5, 0.6) is 0 Å². The Kier molecular flexibility index (Phi) is 3.33. The van der Waals surface area contributed by atoms with Gasteiger partial charge in [0.1, 0.15) is 0 Å². The van der Waals surface area contributed by atoms with Crippen LogP contribution in [0.4, 0.5) is 0 Å². The molecule has 0 aliphatic rings. The summed E-state index contributed by atoms with van der Waals surface area (Å²) in [7, 11) is 0. The molecule has 0 aliphatic heterocycles. The highest BCUT2D eigenvalue weighted by Gasteiger charge is 2.10. The summed E-state index contributed by atoms with van der Waals surface area (Å²) in [6.45, 7) is 8.23. The summed E-state index contributed by atoms with van der Waals surface area (Å²) in [5.41, 5.74) is 5.94. The number of benzene rings is 1. The van der Waals surface area contributed by atoms with E-state index in [1.54, 1.807) is 0 Å². The van der Waals surface area contributed by atoms with Crippen LogP contribution in [0.15, 0.2) is 6.07 Å². The molecule has 1 rings (SSSR count). The van der Waals surface area contributed by atoms with Gasteiger partial charge in [-0.1, -0.05) is 6.07 Å². The van der Waals surface area contributed by atoms with Crippen LogP contribution in [-0.2, 0) is 11.2 Å². The molecule has 0 amide bonds. The zero-order chi connectivity index (χ0) is 10.9. The van der Waals surface area contributed by atoms with Crippen LogP contribution in [0, 0.1) is 27.7 Å². The lowest BCUT2D eigenvalue weighted by Gasteiger charge is -2.13. The number of carbonyl (C=O) groups excluding carboxylic acids is 1. The maximum absolute atomic E-state index is 10.9. The van der Waals surface area contributed by atoms with Gasteiger partial charge in [-0.3, -0.25) is 4.79 Å². The van der Waals surface area contributed by atoms with Gasteiger partial charge in [-0.05, 0) is 67.1 Å². The lowest BCUT2D eigenvalue weighted by molar-refractivity contribution is -0.111. The van der Waals surface area contributed by atoms with E-state index in [0.717, 1.165) is 11.1 Å². The third-order valence-corrected chi connectivity index (χ3v) is 2.97. The monoisotopic (exact) mass is 210 g/mol. The maximum atomic E-state index is 10.9. The summed E-state index contributed by atoms with van der Waals surface area (Å²) < 4.78 is 0. The number of rotatable bonds is 2. The van der Waals surface area contributed by atoms with Crippen molar-refractivity contribution >= 4 is 16.8 Å². The summed E-state index contributed by atoms with van der Waals surface area (Å²) in [5, 5.41) is -0.292. The van der Waals surface area contributed by atoms with E-state index in [9.17, 15) is 4.79 Å². The third-order valence-electron chi connectivity index (χ3n) is 2.83. The van der Waals surface area contributed by atoms with Crippen LogP contribution in [0.3, 0.4) is 0 Å². The van der Waals surface area contributed by atoms with Gasteiger partial charge in [0.15, 0.2) is 0 Å². The molecular formula is C12H15ClO. The molecule has 0 radical (unpaired) electrons. The SMILES string of the molecule is Cc1cc(C)c(CC(=O)Cl)c(C)c1C. The highest BCUT2D eigenvalue weighted by atomic mass is 35.5. The Balaban J connectivity index is 3.29. The number of aryl methyl sites for hydroxylation is 2. The minimum Gasteiger partial charge on any atom is -0.281 e. The summed E-state index contributed by atoms with van der Waals surface area (Å²) in [5.74, 6) is 0. The van der Waals surface area contributed by atoms with E-state index in [1.807, 2.05) is 13.8 Å². The highest BCUT2D eigenvalue weighted by molar-refractivity contribution is 6.63. The van der Waals surface area contributed by atoms with E-state index in [0.29, 0.717) is 6.42 Å². The summed E-state index contributed by atoms with van der Waals surface area (Å²) in [6, 6.07) is 2.11. The Morgan fingerprint density at radius 1 is 1.14 bits per heavy atom. The summed E-state index contributed by atoms with van der Waals surface area (Å²) >= 11 is 5.41. The number of hydrogen-bond acceptors (Lipinski definition) is 1. The Labute approximate surface area is 90.1 Å². The fraction of sp³-hybridized carbons (Fsp3) is 0.417. The smallest absolute Gasteiger partial charge is 0.226 e. The number of hydrogen-bond donors (Lipinski definition) is 0. The van der Waals surface area contributed by atoms with Crippen LogP contribution in [-0.4, -0.2) is 5.24 Å². The molecule has 0 aromatic heterocycles. The van der Waals surface area contributed by atoms with E-state index in [4.69, 9.17) is 11.6 Å². The Bertz CT molecular complexity index is 380. The van der Waals surface area contributed by atoms with Gasteiger partial charge in [-0.15, -0.1) is 0 Å². The molecule has 1 aromatic carbocycles. The van der Waals surface area contributed by atoms with Crippen LogP contribution >= 0.6 is 11.6 Å². The van der Waals surface area contributed by atoms with E-state index in [1.165, 1.54) is 16.7 Å². The average molecular weight is 211 g/mol. The second kappa shape index (κ2) is 4.14. The Hall–Kier alpha value is -0.820. The lowest BCUT2D eigenvalue weighted by Crippen LogP contribution is -2.02. The molecule has 2 heteroatoms. The van der Waals surface area contributed by atoms with Crippen molar-refractivity contribution in [1.29, 1.82) is 0 Å². The van der Waals surface area contributed by atoms with Gasteiger partial charge in [0, 0.05) is 6.42 Å². The van der Waals surface area contributed by atoms with Crippen LogP contribution in [0.25, 0.3) is 0 Å². The molecule has 0 atom stereocenters. The summed E-state index contributed by atoms with van der Waals surface area (Å²) in [6.07, 6.45) is 0.334. The zero-order valence-electron chi connectivity index (χ0n) is 9.07. The maximum Gasteiger partial charge on any atom is 0.226 e. The fourth-order valence-corrected chi connectivity index (χ4v) is 1.88. The van der Waals surface area contributed by atoms with Gasteiger partial charge < -0.3 is 0 Å². The quantitative estimate of drug-likeness (QED) is 0.685. The van der Waals surface area contributed by atoms with Gasteiger partial charge in [0.25, 0.3) is 0 Å². The van der Waals surface area contributed by atoms with Crippen molar-refractivity contribution in [2.75, 3.05) is 0 Å². The van der Waals surface area contributed by atoms with E-state index in [-0.39, 0.29) is 5.24 Å². The van der Waals surface area contributed by atoms with Crippen molar-refractivity contribution in [2.45, 2.75) is 34.1 Å². The lowest BCUT2D eigenvalue weighted by atomic mass is 9.93. The first-order valence-corrected chi connectivity index (χ1v) is 5.06. The van der Waals surface area contributed by atoms with Crippen molar-refractivity contribution in [3.8, 4) is 0 Å². The number of carbonyl (C=O) groups is 1. The molecule has 0 saturated carbocycles. The average Bonchev–Trinajstić information content (AvgIpc) is 2.09. The second-order valence-corrected chi connectivity index (χ2v) is 4.19. The van der Waals surface area contributed by atoms with Gasteiger partial charge in [0.05, 0.1) is 0 Å². The van der Waals surface area contributed by atoms with Crippen LogP contribution < -0.4 is 0 Å². The first-order chi connectivity index (χ1) is 6.43. The third kappa shape index (κ3) is 2.16. The van der Waals surface area contributed by atoms with Gasteiger partial charge in [-0.2, -0.15) is 0 Å². The molecular weight excluding hydrogens is 196 g/mol. The molecule has 76 valence electrons. The largest absolute Gasteiger partial charge is 0.281 e. The van der Waals surface area contributed by atoms with Crippen molar-refractivity contribution in [3.05, 3.63) is 33.9 Å². The molecule has 14 heavy (non-hydrogen) atoms. The fourth-order valence-electron chi connectivity index (χ4n) is 1.75. The number of halogens is 1. The zero-order valence-corrected chi connectivity index (χ0v) is 9.83. The molecule has 0 saturated heterocycles. The molecule has 0 aliphatic carbocycles. The molecule has 0 heterocycles. The van der Waals surface area contributed by atoms with E-state index >= 15 is 0 Å². The normalized spacial score (nSPS) is 10.4. The van der Waals surface area contributed by atoms with Gasteiger partial charge in [-0.25, -0.2) is 0 Å². The van der Waals surface area contributed by atoms with Crippen molar-refractivity contribution < 1.29 is 4.79 Å². The van der Waals surface area contributed by atoms with Crippen molar-refractivity contribution in [1.82, 2.24) is 0 Å². The summed E-state index contributed by atoms with van der Waals surface area (Å²) in [4.78, 5) is 10.9. The van der Waals surface area contributed by atoms with Crippen molar-refractivity contribution in [2.24, 2.45) is 0 Å². The second-order valence-electron chi connectivity index (χ2n) is 3.77. The molecule has 0 spiro atoms. The highest BCUT2D eigenvalue weighted by Crippen LogP contribution is 2.22. The molecule has 1 aromatic rings. The van der Waals surface area contributed by atoms with Gasteiger partial charge in [0.2, 0.25) is 5.24 Å². The first kappa shape index (κ1) is 11.3. The molecule has 0 bridgehead atoms. The minimum absolute atomic E-state index is 0.292.